The van der Waals surface area contributed by atoms with Crippen LogP contribution in [0.1, 0.15) is 36.9 Å². The molecule has 0 atom stereocenters. The Hall–Kier alpha value is -4.30. The summed E-state index contributed by atoms with van der Waals surface area (Å²) in [6.07, 6.45) is 3.49. The van der Waals surface area contributed by atoms with Crippen LogP contribution in [-0.2, 0) is 6.54 Å². The number of hydrogen-bond acceptors (Lipinski definition) is 3. The number of aromatic nitrogens is 1. The topological polar surface area (TPSA) is 67.0 Å². The van der Waals surface area contributed by atoms with Crippen molar-refractivity contribution in [2.24, 2.45) is 0 Å². The minimum atomic E-state index is -0.422. The zero-order valence-electron chi connectivity index (χ0n) is 20.6. The molecule has 1 N–H and O–H groups in total. The van der Waals surface area contributed by atoms with Gasteiger partial charge in [0.2, 0.25) is 0 Å². The van der Waals surface area contributed by atoms with Crippen LogP contribution >= 0.6 is 0 Å². The van der Waals surface area contributed by atoms with Crippen LogP contribution in [0.5, 0.6) is 5.75 Å². The predicted octanol–water partition coefficient (Wildman–Crippen LogP) is 7.35. The van der Waals surface area contributed by atoms with Crippen LogP contribution in [0, 0.1) is 18.3 Å². The van der Waals surface area contributed by atoms with Gasteiger partial charge in [0.15, 0.2) is 0 Å². The molecule has 182 valence electrons. The van der Waals surface area contributed by atoms with Crippen LogP contribution in [0.4, 0.5) is 4.79 Å². The number of benzene rings is 3. The molecular formula is C31H31N3O2. The second-order valence-corrected chi connectivity index (χ2v) is 8.72. The lowest BCUT2D eigenvalue weighted by atomic mass is 9.97. The van der Waals surface area contributed by atoms with E-state index in [-0.39, 0.29) is 0 Å². The molecule has 0 saturated heterocycles. The Morgan fingerprint density at radius 3 is 2.06 bits per heavy atom. The number of para-hydroxylation sites is 1. The van der Waals surface area contributed by atoms with Gasteiger partial charge in [-0.25, -0.2) is 4.79 Å². The van der Waals surface area contributed by atoms with Crippen molar-refractivity contribution in [1.29, 1.82) is 5.26 Å². The molecule has 0 bridgehead atoms. The summed E-state index contributed by atoms with van der Waals surface area (Å²) in [5, 5.41) is 12.9. The summed E-state index contributed by atoms with van der Waals surface area (Å²) in [5.74, 6) is 0.540. The Labute approximate surface area is 213 Å². The van der Waals surface area contributed by atoms with Crippen molar-refractivity contribution in [2.45, 2.75) is 39.2 Å². The summed E-state index contributed by atoms with van der Waals surface area (Å²) in [6.45, 7) is 3.46. The number of carbonyl (C=O) groups is 1. The van der Waals surface area contributed by atoms with Crippen LogP contribution < -0.4 is 10.1 Å². The van der Waals surface area contributed by atoms with E-state index in [9.17, 15) is 10.1 Å². The van der Waals surface area contributed by atoms with Gasteiger partial charge in [0.25, 0.3) is 0 Å². The molecule has 0 fully saturated rings. The van der Waals surface area contributed by atoms with Gasteiger partial charge in [-0.15, -0.1) is 0 Å². The number of amides is 1. The van der Waals surface area contributed by atoms with Gasteiger partial charge in [-0.2, -0.15) is 5.26 Å². The molecule has 4 aromatic rings. The van der Waals surface area contributed by atoms with Crippen molar-refractivity contribution < 1.29 is 9.53 Å². The number of rotatable bonds is 10. The fraction of sp³-hybridized carbons (Fsp3) is 0.226. The molecule has 0 aliphatic carbocycles. The molecule has 5 heteroatoms. The number of nitriles is 1. The van der Waals surface area contributed by atoms with Crippen LogP contribution in [0.15, 0.2) is 91.0 Å². The van der Waals surface area contributed by atoms with E-state index in [4.69, 9.17) is 4.74 Å². The fourth-order valence-electron chi connectivity index (χ4n) is 4.51. The first kappa shape index (κ1) is 24.8. The molecule has 1 aromatic heterocycles. The predicted molar refractivity (Wildman–Crippen MR) is 144 cm³/mol. The highest BCUT2D eigenvalue weighted by molar-refractivity contribution is 5.87. The van der Waals surface area contributed by atoms with Gasteiger partial charge in [-0.05, 0) is 43.0 Å². The van der Waals surface area contributed by atoms with E-state index in [1.54, 1.807) is 12.1 Å². The maximum Gasteiger partial charge on any atom is 0.412 e. The van der Waals surface area contributed by atoms with Crippen molar-refractivity contribution in [3.05, 3.63) is 102 Å². The average molecular weight is 478 g/mol. The summed E-state index contributed by atoms with van der Waals surface area (Å²) in [6, 6.07) is 32.0. The normalized spacial score (nSPS) is 10.6. The minimum Gasteiger partial charge on any atom is -0.410 e. The Balaban J connectivity index is 1.38. The maximum atomic E-state index is 11.9. The summed E-state index contributed by atoms with van der Waals surface area (Å²) >= 11 is 0. The Morgan fingerprint density at radius 1 is 0.833 bits per heavy atom. The first-order chi connectivity index (χ1) is 17.7. The first-order valence-corrected chi connectivity index (χ1v) is 12.4. The third-order valence-electron chi connectivity index (χ3n) is 6.28. The van der Waals surface area contributed by atoms with E-state index in [1.165, 1.54) is 0 Å². The smallest absolute Gasteiger partial charge is 0.410 e. The molecule has 1 heterocycles. The standard InChI is InChI=1S/C31H31N3O2/c1-24-28(23-32)29(25-15-7-4-8-16-25)30(26-17-9-5-10-18-26)34(24)22-14-3-2-13-21-33-31(35)36-27-19-11-6-12-20-27/h4-12,15-20H,2-3,13-14,21-22H2,1H3,(H,33,35). The molecule has 0 radical (unpaired) electrons. The molecule has 4 rings (SSSR count). The van der Waals surface area contributed by atoms with E-state index < -0.39 is 6.09 Å². The van der Waals surface area contributed by atoms with E-state index in [0.717, 1.165) is 65.9 Å². The van der Waals surface area contributed by atoms with Crippen LogP contribution in [0.25, 0.3) is 22.4 Å². The third-order valence-corrected chi connectivity index (χ3v) is 6.28. The zero-order chi connectivity index (χ0) is 25.2. The zero-order valence-corrected chi connectivity index (χ0v) is 20.6. The largest absolute Gasteiger partial charge is 0.412 e. The number of ether oxygens (including phenoxy) is 1. The molecule has 1 amide bonds. The number of nitrogens with zero attached hydrogens (tertiary/aromatic N) is 2. The van der Waals surface area contributed by atoms with Crippen molar-refractivity contribution in [2.75, 3.05) is 6.54 Å². The van der Waals surface area contributed by atoms with Gasteiger partial charge < -0.3 is 14.6 Å². The van der Waals surface area contributed by atoms with Crippen molar-refractivity contribution in [3.63, 3.8) is 0 Å². The van der Waals surface area contributed by atoms with E-state index >= 15 is 0 Å². The van der Waals surface area contributed by atoms with Gasteiger partial charge in [-0.1, -0.05) is 91.7 Å². The van der Waals surface area contributed by atoms with E-state index in [0.29, 0.717) is 12.3 Å². The summed E-state index contributed by atoms with van der Waals surface area (Å²) in [4.78, 5) is 11.9. The molecular weight excluding hydrogens is 446 g/mol. The highest BCUT2D eigenvalue weighted by atomic mass is 16.6. The lowest BCUT2D eigenvalue weighted by Crippen LogP contribution is -2.27. The first-order valence-electron chi connectivity index (χ1n) is 12.4. The average Bonchev–Trinajstić information content (AvgIpc) is 3.20. The van der Waals surface area contributed by atoms with Gasteiger partial charge in [0.1, 0.15) is 11.8 Å². The van der Waals surface area contributed by atoms with Crippen LogP contribution in [-0.4, -0.2) is 17.2 Å². The highest BCUT2D eigenvalue weighted by Gasteiger charge is 2.22. The molecule has 0 saturated carbocycles. The molecule has 36 heavy (non-hydrogen) atoms. The molecule has 0 unspecified atom stereocenters. The lowest BCUT2D eigenvalue weighted by Gasteiger charge is -2.14. The van der Waals surface area contributed by atoms with Crippen molar-refractivity contribution in [3.8, 4) is 34.2 Å². The Bertz CT molecular complexity index is 1310. The summed E-state index contributed by atoms with van der Waals surface area (Å²) < 4.78 is 7.55. The second-order valence-electron chi connectivity index (χ2n) is 8.72. The maximum absolute atomic E-state index is 11.9. The molecule has 5 nitrogen and oxygen atoms in total. The number of carbonyl (C=O) groups excluding carboxylic acids is 1. The third kappa shape index (κ3) is 6.03. The molecule has 0 aliphatic rings. The minimum absolute atomic E-state index is 0.422. The highest BCUT2D eigenvalue weighted by Crippen LogP contribution is 2.39. The monoisotopic (exact) mass is 477 g/mol. The SMILES string of the molecule is Cc1c(C#N)c(-c2ccccc2)c(-c2ccccc2)n1CCCCCCNC(=O)Oc1ccccc1. The molecule has 0 aliphatic heterocycles. The van der Waals surface area contributed by atoms with E-state index in [2.05, 4.69) is 40.2 Å². The summed E-state index contributed by atoms with van der Waals surface area (Å²) in [7, 11) is 0. The quantitative estimate of drug-likeness (QED) is 0.243. The second kappa shape index (κ2) is 12.4. The Kier molecular flexibility index (Phi) is 8.56. The van der Waals surface area contributed by atoms with Crippen LogP contribution in [0.3, 0.4) is 0 Å². The fourth-order valence-corrected chi connectivity index (χ4v) is 4.51. The number of unbranched alkanes of at least 4 members (excludes halogenated alkanes) is 3. The van der Waals surface area contributed by atoms with Crippen molar-refractivity contribution >= 4 is 6.09 Å². The molecule has 0 spiro atoms. The van der Waals surface area contributed by atoms with Gasteiger partial charge in [0, 0.05) is 24.3 Å². The van der Waals surface area contributed by atoms with Gasteiger partial charge in [0.05, 0.1) is 11.3 Å². The van der Waals surface area contributed by atoms with Gasteiger partial charge >= 0.3 is 6.09 Å². The lowest BCUT2D eigenvalue weighted by molar-refractivity contribution is 0.200. The van der Waals surface area contributed by atoms with E-state index in [1.807, 2.05) is 61.5 Å². The summed E-state index contributed by atoms with van der Waals surface area (Å²) in [5.41, 5.74) is 6.01. The van der Waals surface area contributed by atoms with Gasteiger partial charge in [-0.3, -0.25) is 0 Å². The molecule has 3 aromatic carbocycles. The van der Waals surface area contributed by atoms with Crippen LogP contribution in [0.2, 0.25) is 0 Å². The number of nitrogens with one attached hydrogen (secondary N) is 1. The Morgan fingerprint density at radius 2 is 1.42 bits per heavy atom. The number of hydrogen-bond donors (Lipinski definition) is 1. The van der Waals surface area contributed by atoms with Crippen molar-refractivity contribution in [1.82, 2.24) is 9.88 Å².